The van der Waals surface area contributed by atoms with Gasteiger partial charge < -0.3 is 19.8 Å². The zero-order valence-electron chi connectivity index (χ0n) is 16.6. The van der Waals surface area contributed by atoms with Gasteiger partial charge >= 0.3 is 0 Å². The molecule has 3 rings (SSSR count). The SMILES string of the molecule is CCCSC1=C(C#N)C(c2ccco2)C(C(=O)Nc2ccccc2OC)=C(C)N1. The maximum Gasteiger partial charge on any atom is 0.254 e. The molecule has 29 heavy (non-hydrogen) atoms. The van der Waals surface area contributed by atoms with Crippen molar-refractivity contribution in [3.8, 4) is 11.8 Å². The molecule has 0 saturated carbocycles. The van der Waals surface area contributed by atoms with Gasteiger partial charge in [-0.3, -0.25) is 4.79 Å². The number of carbonyl (C=O) groups excluding carboxylic acids is 1. The topological polar surface area (TPSA) is 87.3 Å². The number of carbonyl (C=O) groups is 1. The van der Waals surface area contributed by atoms with Crippen LogP contribution in [-0.2, 0) is 4.79 Å². The number of allylic oxidation sites excluding steroid dienone is 2. The minimum atomic E-state index is -0.578. The molecule has 1 aliphatic heterocycles. The number of thioether (sulfide) groups is 1. The van der Waals surface area contributed by atoms with E-state index in [-0.39, 0.29) is 5.91 Å². The van der Waals surface area contributed by atoms with Gasteiger partial charge in [0.15, 0.2) is 0 Å². The maximum absolute atomic E-state index is 13.3. The van der Waals surface area contributed by atoms with Gasteiger partial charge in [-0.1, -0.05) is 19.1 Å². The molecular weight excluding hydrogens is 386 g/mol. The first-order chi connectivity index (χ1) is 14.1. The third-order valence-corrected chi connectivity index (χ3v) is 5.75. The minimum Gasteiger partial charge on any atom is -0.495 e. The zero-order chi connectivity index (χ0) is 20.8. The fourth-order valence-electron chi connectivity index (χ4n) is 3.21. The summed E-state index contributed by atoms with van der Waals surface area (Å²) < 4.78 is 11.0. The van der Waals surface area contributed by atoms with Gasteiger partial charge in [0.25, 0.3) is 5.91 Å². The number of ether oxygens (including phenoxy) is 1. The number of rotatable bonds is 7. The molecule has 1 aliphatic rings. The summed E-state index contributed by atoms with van der Waals surface area (Å²) in [6, 6.07) is 13.0. The predicted octanol–water partition coefficient (Wildman–Crippen LogP) is 4.77. The lowest BCUT2D eigenvalue weighted by atomic mass is 9.85. The molecule has 1 aromatic heterocycles. The summed E-state index contributed by atoms with van der Waals surface area (Å²) in [5.41, 5.74) is 2.18. The Labute approximate surface area is 174 Å². The second-order valence-electron chi connectivity index (χ2n) is 6.47. The third kappa shape index (κ3) is 4.33. The number of furan rings is 1. The average molecular weight is 410 g/mol. The van der Waals surface area contributed by atoms with E-state index >= 15 is 0 Å². The van der Waals surface area contributed by atoms with E-state index < -0.39 is 5.92 Å². The summed E-state index contributed by atoms with van der Waals surface area (Å²) in [5.74, 6) is 1.10. The highest BCUT2D eigenvalue weighted by molar-refractivity contribution is 8.03. The fraction of sp³-hybridized carbons (Fsp3) is 0.273. The number of nitrogens with one attached hydrogen (secondary N) is 2. The first-order valence-electron chi connectivity index (χ1n) is 9.33. The largest absolute Gasteiger partial charge is 0.495 e. The van der Waals surface area contributed by atoms with E-state index in [4.69, 9.17) is 9.15 Å². The number of hydrogen-bond donors (Lipinski definition) is 2. The molecule has 1 atom stereocenters. The fourth-order valence-corrected chi connectivity index (χ4v) is 4.16. The Morgan fingerprint density at radius 2 is 2.14 bits per heavy atom. The van der Waals surface area contributed by atoms with Crippen molar-refractivity contribution in [2.24, 2.45) is 0 Å². The van der Waals surface area contributed by atoms with Crippen molar-refractivity contribution in [3.05, 3.63) is 70.3 Å². The molecule has 1 aromatic carbocycles. The molecule has 1 unspecified atom stereocenters. The van der Waals surface area contributed by atoms with Crippen molar-refractivity contribution < 1.29 is 13.9 Å². The van der Waals surface area contributed by atoms with Crippen LogP contribution in [0.2, 0.25) is 0 Å². The number of benzene rings is 1. The van der Waals surface area contributed by atoms with Crippen molar-refractivity contribution in [1.82, 2.24) is 5.32 Å². The normalized spacial score (nSPS) is 16.3. The smallest absolute Gasteiger partial charge is 0.254 e. The Hall–Kier alpha value is -3.11. The Bertz CT molecular complexity index is 987. The van der Waals surface area contributed by atoms with Crippen molar-refractivity contribution >= 4 is 23.4 Å². The van der Waals surface area contributed by atoms with Crippen LogP contribution < -0.4 is 15.4 Å². The van der Waals surface area contributed by atoms with Crippen LogP contribution >= 0.6 is 11.8 Å². The second-order valence-corrected chi connectivity index (χ2v) is 7.57. The molecule has 0 fully saturated rings. The molecule has 0 spiro atoms. The molecule has 7 heteroatoms. The van der Waals surface area contributed by atoms with Crippen LogP contribution in [-0.4, -0.2) is 18.8 Å². The summed E-state index contributed by atoms with van der Waals surface area (Å²) in [4.78, 5) is 13.3. The Morgan fingerprint density at radius 1 is 1.34 bits per heavy atom. The third-order valence-electron chi connectivity index (χ3n) is 4.53. The van der Waals surface area contributed by atoms with Gasteiger partial charge in [0.2, 0.25) is 0 Å². The van der Waals surface area contributed by atoms with Gasteiger partial charge in [-0.15, -0.1) is 11.8 Å². The molecule has 0 saturated heterocycles. The van der Waals surface area contributed by atoms with E-state index in [9.17, 15) is 10.1 Å². The van der Waals surface area contributed by atoms with Crippen LogP contribution in [0.15, 0.2) is 69.0 Å². The average Bonchev–Trinajstić information content (AvgIpc) is 3.26. The molecule has 2 aromatic rings. The number of nitriles is 1. The highest BCUT2D eigenvalue weighted by Crippen LogP contribution is 2.41. The molecule has 150 valence electrons. The van der Waals surface area contributed by atoms with Gasteiger partial charge in [-0.2, -0.15) is 5.26 Å². The molecule has 6 nitrogen and oxygen atoms in total. The molecule has 0 aliphatic carbocycles. The minimum absolute atomic E-state index is 0.312. The number of methoxy groups -OCH3 is 1. The van der Waals surface area contributed by atoms with Crippen molar-refractivity contribution in [2.45, 2.75) is 26.2 Å². The van der Waals surface area contributed by atoms with Gasteiger partial charge in [0, 0.05) is 5.70 Å². The van der Waals surface area contributed by atoms with E-state index in [1.165, 1.54) is 0 Å². The second kappa shape index (κ2) is 9.39. The van der Waals surface area contributed by atoms with Crippen LogP contribution in [0.5, 0.6) is 5.75 Å². The van der Waals surface area contributed by atoms with Crippen LogP contribution in [0.1, 0.15) is 31.9 Å². The van der Waals surface area contributed by atoms with Crippen LogP contribution in [0.25, 0.3) is 0 Å². The Morgan fingerprint density at radius 3 is 2.79 bits per heavy atom. The maximum atomic E-state index is 13.3. The highest BCUT2D eigenvalue weighted by Gasteiger charge is 2.36. The van der Waals surface area contributed by atoms with E-state index in [0.29, 0.717) is 34.0 Å². The van der Waals surface area contributed by atoms with Crippen molar-refractivity contribution in [2.75, 3.05) is 18.2 Å². The molecule has 2 N–H and O–H groups in total. The lowest BCUT2D eigenvalue weighted by Crippen LogP contribution is -2.30. The Balaban J connectivity index is 2.02. The lowest BCUT2D eigenvalue weighted by molar-refractivity contribution is -0.113. The zero-order valence-corrected chi connectivity index (χ0v) is 17.4. The van der Waals surface area contributed by atoms with Crippen molar-refractivity contribution in [3.63, 3.8) is 0 Å². The van der Waals surface area contributed by atoms with Gasteiger partial charge in [-0.25, -0.2) is 0 Å². The molecule has 0 bridgehead atoms. The van der Waals surface area contributed by atoms with Crippen LogP contribution in [0.4, 0.5) is 5.69 Å². The Kier molecular flexibility index (Phi) is 6.68. The lowest BCUT2D eigenvalue weighted by Gasteiger charge is -2.28. The van der Waals surface area contributed by atoms with E-state index in [1.54, 1.807) is 49.4 Å². The van der Waals surface area contributed by atoms with Gasteiger partial charge in [0.05, 0.1) is 47.2 Å². The molecule has 0 radical (unpaired) electrons. The van der Waals surface area contributed by atoms with Gasteiger partial charge in [0.1, 0.15) is 11.5 Å². The first kappa shape index (κ1) is 20.6. The standard InChI is InChI=1S/C22H23N3O3S/c1-4-12-29-22-15(13-23)20(18-10-7-11-28-18)19(14(2)24-22)21(26)25-16-8-5-6-9-17(16)27-3/h5-11,20,24H,4,12H2,1-3H3,(H,25,26). The summed E-state index contributed by atoms with van der Waals surface area (Å²) in [5, 5.41) is 16.8. The summed E-state index contributed by atoms with van der Waals surface area (Å²) >= 11 is 1.58. The highest BCUT2D eigenvalue weighted by atomic mass is 32.2. The number of para-hydroxylation sites is 2. The number of dihydropyridines is 1. The number of hydrogen-bond acceptors (Lipinski definition) is 6. The first-order valence-corrected chi connectivity index (χ1v) is 10.3. The number of anilines is 1. The molecule has 1 amide bonds. The molecule has 2 heterocycles. The van der Waals surface area contributed by atoms with E-state index in [2.05, 4.69) is 23.6 Å². The van der Waals surface area contributed by atoms with E-state index in [1.807, 2.05) is 19.1 Å². The van der Waals surface area contributed by atoms with Gasteiger partial charge in [-0.05, 0) is 43.4 Å². The quantitative estimate of drug-likeness (QED) is 0.685. The monoisotopic (exact) mass is 409 g/mol. The van der Waals surface area contributed by atoms with E-state index in [0.717, 1.165) is 17.2 Å². The molecular formula is C22H23N3O3S. The number of amides is 1. The van der Waals surface area contributed by atoms with Crippen molar-refractivity contribution in [1.29, 1.82) is 5.26 Å². The van der Waals surface area contributed by atoms with Crippen LogP contribution in [0.3, 0.4) is 0 Å². The predicted molar refractivity (Wildman–Crippen MR) is 114 cm³/mol. The summed E-state index contributed by atoms with van der Waals surface area (Å²) in [6.45, 7) is 3.93. The number of nitrogens with zero attached hydrogens (tertiary/aromatic N) is 1. The van der Waals surface area contributed by atoms with Crippen LogP contribution in [0, 0.1) is 11.3 Å². The summed E-state index contributed by atoms with van der Waals surface area (Å²) in [6.07, 6.45) is 2.53. The summed E-state index contributed by atoms with van der Waals surface area (Å²) in [7, 11) is 1.55.